The number of rotatable bonds is 7. The molecule has 0 aliphatic carbocycles. The van der Waals surface area contributed by atoms with Crippen LogP contribution >= 0.6 is 51.2 Å². The summed E-state index contributed by atoms with van der Waals surface area (Å²) in [6.45, 7) is 6.45. The van der Waals surface area contributed by atoms with E-state index in [1.165, 1.54) is 4.88 Å². The number of aryl methyl sites for hydroxylation is 1. The third-order valence-electron chi connectivity index (χ3n) is 3.20. The van der Waals surface area contributed by atoms with Crippen molar-refractivity contribution in [2.24, 2.45) is 4.99 Å². The Morgan fingerprint density at radius 1 is 1.19 bits per heavy atom. The van der Waals surface area contributed by atoms with Crippen LogP contribution in [0, 0.1) is 6.92 Å². The normalized spacial score (nSPS) is 10.8. The van der Waals surface area contributed by atoms with E-state index in [0.29, 0.717) is 31.2 Å². The summed E-state index contributed by atoms with van der Waals surface area (Å²) in [7, 11) is 0. The van der Waals surface area contributed by atoms with E-state index in [4.69, 9.17) is 0 Å². The van der Waals surface area contributed by atoms with Crippen LogP contribution in [0.4, 0.5) is 0 Å². The van der Waals surface area contributed by atoms with E-state index in [9.17, 15) is 4.79 Å². The zero-order valence-electron chi connectivity index (χ0n) is 14.7. The van der Waals surface area contributed by atoms with E-state index in [0.717, 1.165) is 16.0 Å². The predicted molar refractivity (Wildman–Crippen MR) is 122 cm³/mol. The van der Waals surface area contributed by atoms with E-state index in [1.807, 2.05) is 32.2 Å². The molecule has 0 radical (unpaired) electrons. The second-order valence-corrected chi connectivity index (χ2v) is 7.48. The van der Waals surface area contributed by atoms with E-state index in [1.54, 1.807) is 23.5 Å². The molecule has 9 heteroatoms. The van der Waals surface area contributed by atoms with Crippen LogP contribution in [0.2, 0.25) is 0 Å². The number of thiazole rings is 1. The molecule has 142 valence electrons. The standard InChI is InChI=1S/C17H22BrN5OS.HI/c1-3-19-17(23-11-15-22-10-12(2)25-15)21-9-8-20-16(24)13-4-6-14(18)7-5-13;/h4-7,10H,3,8-9,11H2,1-2H3,(H,20,24)(H2,19,21,23);1H. The number of aliphatic imine (C=N–C) groups is 1. The summed E-state index contributed by atoms with van der Waals surface area (Å²) in [5.41, 5.74) is 0.642. The lowest BCUT2D eigenvalue weighted by Crippen LogP contribution is -2.41. The van der Waals surface area contributed by atoms with Gasteiger partial charge in [0, 0.05) is 40.7 Å². The van der Waals surface area contributed by atoms with Crippen molar-refractivity contribution in [2.75, 3.05) is 19.6 Å². The maximum absolute atomic E-state index is 12.0. The predicted octanol–water partition coefficient (Wildman–Crippen LogP) is 3.32. The Kier molecular flexibility index (Phi) is 10.7. The third-order valence-corrected chi connectivity index (χ3v) is 4.62. The second-order valence-electron chi connectivity index (χ2n) is 5.25. The van der Waals surface area contributed by atoms with Crippen molar-refractivity contribution in [3.8, 4) is 0 Å². The average molecular weight is 552 g/mol. The number of carbonyl (C=O) groups excluding carboxylic acids is 1. The number of hydrogen-bond acceptors (Lipinski definition) is 4. The molecule has 1 heterocycles. The van der Waals surface area contributed by atoms with Gasteiger partial charge in [-0.05, 0) is 38.1 Å². The number of hydrogen-bond donors (Lipinski definition) is 3. The summed E-state index contributed by atoms with van der Waals surface area (Å²) in [6.07, 6.45) is 1.85. The highest BCUT2D eigenvalue weighted by molar-refractivity contribution is 14.0. The molecule has 0 atom stereocenters. The number of nitrogens with zero attached hydrogens (tertiary/aromatic N) is 2. The third kappa shape index (κ3) is 8.00. The molecule has 0 bridgehead atoms. The Hall–Kier alpha value is -1.20. The number of benzene rings is 1. The lowest BCUT2D eigenvalue weighted by atomic mass is 10.2. The quantitative estimate of drug-likeness (QED) is 0.213. The van der Waals surface area contributed by atoms with Gasteiger partial charge in [0.25, 0.3) is 5.91 Å². The molecule has 0 aliphatic rings. The van der Waals surface area contributed by atoms with E-state index in [2.05, 4.69) is 41.9 Å². The average Bonchev–Trinajstić information content (AvgIpc) is 3.02. The van der Waals surface area contributed by atoms with E-state index >= 15 is 0 Å². The van der Waals surface area contributed by atoms with Gasteiger partial charge in [0.15, 0.2) is 5.96 Å². The molecule has 1 aromatic carbocycles. The van der Waals surface area contributed by atoms with Gasteiger partial charge in [0.1, 0.15) is 5.01 Å². The first kappa shape index (κ1) is 22.8. The van der Waals surface area contributed by atoms with Crippen molar-refractivity contribution >= 4 is 63.1 Å². The van der Waals surface area contributed by atoms with Gasteiger partial charge in [0.05, 0.1) is 6.54 Å². The molecule has 0 spiro atoms. The van der Waals surface area contributed by atoms with Crippen LogP contribution in [0.15, 0.2) is 39.9 Å². The van der Waals surface area contributed by atoms with Crippen LogP contribution in [-0.4, -0.2) is 36.5 Å². The molecule has 2 aromatic rings. The minimum absolute atomic E-state index is 0. The topological polar surface area (TPSA) is 78.4 Å². The summed E-state index contributed by atoms with van der Waals surface area (Å²) in [6, 6.07) is 7.27. The fraction of sp³-hybridized carbons (Fsp3) is 0.353. The molecule has 0 saturated heterocycles. The Balaban J connectivity index is 0.00000338. The molecule has 0 unspecified atom stereocenters. The minimum atomic E-state index is -0.0884. The fourth-order valence-electron chi connectivity index (χ4n) is 2.02. The van der Waals surface area contributed by atoms with Gasteiger partial charge in [-0.1, -0.05) is 15.9 Å². The van der Waals surface area contributed by atoms with Gasteiger partial charge < -0.3 is 16.0 Å². The molecular formula is C17H23BrIN5OS. The van der Waals surface area contributed by atoms with Gasteiger partial charge in [-0.25, -0.2) is 9.98 Å². The molecule has 26 heavy (non-hydrogen) atoms. The first-order valence-corrected chi connectivity index (χ1v) is 9.66. The van der Waals surface area contributed by atoms with Crippen LogP contribution in [0.5, 0.6) is 0 Å². The second kappa shape index (κ2) is 12.2. The Bertz CT molecular complexity index is 720. The van der Waals surface area contributed by atoms with Crippen molar-refractivity contribution in [3.05, 3.63) is 50.4 Å². The molecule has 0 saturated carbocycles. The molecule has 2 rings (SSSR count). The largest absolute Gasteiger partial charge is 0.357 e. The van der Waals surface area contributed by atoms with Gasteiger partial charge in [-0.2, -0.15) is 0 Å². The maximum Gasteiger partial charge on any atom is 0.251 e. The Morgan fingerprint density at radius 3 is 2.50 bits per heavy atom. The van der Waals surface area contributed by atoms with Crippen molar-refractivity contribution in [2.45, 2.75) is 20.4 Å². The monoisotopic (exact) mass is 551 g/mol. The lowest BCUT2D eigenvalue weighted by Gasteiger charge is -2.11. The SMILES string of the molecule is CCNC(=NCc1ncc(C)s1)NCCNC(=O)c1ccc(Br)cc1.I. The summed E-state index contributed by atoms with van der Waals surface area (Å²) in [5, 5.41) is 10.3. The highest BCUT2D eigenvalue weighted by atomic mass is 127. The van der Waals surface area contributed by atoms with Crippen molar-refractivity contribution in [1.29, 1.82) is 0 Å². The van der Waals surface area contributed by atoms with Crippen molar-refractivity contribution in [1.82, 2.24) is 20.9 Å². The minimum Gasteiger partial charge on any atom is -0.357 e. The molecule has 3 N–H and O–H groups in total. The number of nitrogens with one attached hydrogen (secondary N) is 3. The molecule has 1 amide bonds. The van der Waals surface area contributed by atoms with Crippen molar-refractivity contribution < 1.29 is 4.79 Å². The van der Waals surface area contributed by atoms with Gasteiger partial charge in [-0.3, -0.25) is 4.79 Å². The maximum atomic E-state index is 12.0. The van der Waals surface area contributed by atoms with E-state index in [-0.39, 0.29) is 29.9 Å². The van der Waals surface area contributed by atoms with Crippen LogP contribution in [-0.2, 0) is 6.54 Å². The van der Waals surface area contributed by atoms with Crippen molar-refractivity contribution in [3.63, 3.8) is 0 Å². The summed E-state index contributed by atoms with van der Waals surface area (Å²) >= 11 is 5.00. The molecule has 1 aromatic heterocycles. The molecule has 0 fully saturated rings. The molecule has 0 aliphatic heterocycles. The number of aromatic nitrogens is 1. The number of carbonyl (C=O) groups is 1. The number of amides is 1. The van der Waals surface area contributed by atoms with Crippen LogP contribution in [0.25, 0.3) is 0 Å². The summed E-state index contributed by atoms with van der Waals surface area (Å²) in [4.78, 5) is 22.0. The molecular weight excluding hydrogens is 529 g/mol. The van der Waals surface area contributed by atoms with Gasteiger partial charge >= 0.3 is 0 Å². The first-order chi connectivity index (χ1) is 12.1. The highest BCUT2D eigenvalue weighted by Crippen LogP contribution is 2.12. The summed E-state index contributed by atoms with van der Waals surface area (Å²) < 4.78 is 0.952. The lowest BCUT2D eigenvalue weighted by molar-refractivity contribution is 0.0954. The molecule has 6 nitrogen and oxygen atoms in total. The van der Waals surface area contributed by atoms with Crippen LogP contribution in [0.1, 0.15) is 27.2 Å². The zero-order chi connectivity index (χ0) is 18.1. The summed E-state index contributed by atoms with van der Waals surface area (Å²) in [5.74, 6) is 0.628. The van der Waals surface area contributed by atoms with Gasteiger partial charge in [0.2, 0.25) is 0 Å². The van der Waals surface area contributed by atoms with E-state index < -0.39 is 0 Å². The number of halogens is 2. The highest BCUT2D eigenvalue weighted by Gasteiger charge is 2.05. The number of guanidine groups is 1. The van der Waals surface area contributed by atoms with Crippen LogP contribution in [0.3, 0.4) is 0 Å². The Morgan fingerprint density at radius 2 is 1.88 bits per heavy atom. The zero-order valence-corrected chi connectivity index (χ0v) is 19.4. The Labute approximate surface area is 183 Å². The smallest absolute Gasteiger partial charge is 0.251 e. The van der Waals surface area contributed by atoms with Crippen LogP contribution < -0.4 is 16.0 Å². The first-order valence-electron chi connectivity index (χ1n) is 8.05. The van der Waals surface area contributed by atoms with Gasteiger partial charge in [-0.15, -0.1) is 35.3 Å². The fourth-order valence-corrected chi connectivity index (χ4v) is 3.00.